The lowest BCUT2D eigenvalue weighted by atomic mass is 10.2. The van der Waals surface area contributed by atoms with Crippen molar-refractivity contribution in [3.63, 3.8) is 0 Å². The molecule has 0 spiro atoms. The number of amides is 1. The average molecular weight is 356 g/mol. The van der Waals surface area contributed by atoms with Gasteiger partial charge in [-0.25, -0.2) is 8.42 Å². The third kappa shape index (κ3) is 3.82. The monoisotopic (exact) mass is 356 g/mol. The summed E-state index contributed by atoms with van der Waals surface area (Å²) in [7, 11) is -2.52. The third-order valence-corrected chi connectivity index (χ3v) is 5.73. The van der Waals surface area contributed by atoms with Gasteiger partial charge in [0.05, 0.1) is 11.1 Å². The molecule has 10 heteroatoms. The first-order valence-corrected chi connectivity index (χ1v) is 8.87. The maximum Gasteiger partial charge on any atom is 0.293 e. The van der Waals surface area contributed by atoms with E-state index in [-0.39, 0.29) is 9.76 Å². The minimum Gasteiger partial charge on any atom is -0.597 e. The van der Waals surface area contributed by atoms with Gasteiger partial charge in [-0.2, -0.15) is 4.31 Å². The first-order chi connectivity index (χ1) is 11.4. The van der Waals surface area contributed by atoms with Crippen molar-refractivity contribution in [3.05, 3.63) is 35.5 Å². The maximum atomic E-state index is 12.8. The molecule has 1 fully saturated rings. The Labute approximate surface area is 140 Å². The second kappa shape index (κ2) is 7.58. The van der Waals surface area contributed by atoms with Gasteiger partial charge < -0.3 is 14.9 Å². The fraction of sp³-hybridized carbons (Fsp3) is 0.500. The molecule has 0 saturated carbocycles. The fourth-order valence-corrected chi connectivity index (χ4v) is 4.29. The van der Waals surface area contributed by atoms with Crippen molar-refractivity contribution in [1.82, 2.24) is 9.21 Å². The molecule has 1 aliphatic heterocycles. The lowest BCUT2D eigenvalue weighted by molar-refractivity contribution is -0.547. The molecule has 1 atom stereocenters. The van der Waals surface area contributed by atoms with Crippen molar-refractivity contribution < 1.29 is 22.9 Å². The molecule has 1 aromatic rings. The van der Waals surface area contributed by atoms with E-state index in [0.717, 1.165) is 0 Å². The van der Waals surface area contributed by atoms with Crippen LogP contribution in [0.4, 0.5) is 0 Å². The summed E-state index contributed by atoms with van der Waals surface area (Å²) in [6.45, 7) is 1.78. The molecule has 1 heterocycles. The molecular formula is C14H20N4O5S. The molecule has 2 rings (SSSR count). The number of nitrogens with zero attached hydrogens (tertiary/aromatic N) is 4. The van der Waals surface area contributed by atoms with Crippen molar-refractivity contribution in [1.29, 1.82) is 0 Å². The minimum absolute atomic E-state index is 0.125. The molecule has 24 heavy (non-hydrogen) atoms. The SMILES string of the molecule is CO/N=[N+](\[O-])CC(=O)N1CCCN(S(=O)(=O)c2ccccc2)C1C. The van der Waals surface area contributed by atoms with E-state index in [2.05, 4.69) is 10.1 Å². The van der Waals surface area contributed by atoms with Crippen LogP contribution < -0.4 is 0 Å². The minimum atomic E-state index is -3.72. The smallest absolute Gasteiger partial charge is 0.293 e. The van der Waals surface area contributed by atoms with Gasteiger partial charge in [0.1, 0.15) is 7.11 Å². The highest BCUT2D eigenvalue weighted by Crippen LogP contribution is 2.23. The van der Waals surface area contributed by atoms with Crippen LogP contribution in [0.25, 0.3) is 0 Å². The van der Waals surface area contributed by atoms with Crippen LogP contribution in [-0.2, 0) is 19.7 Å². The zero-order valence-corrected chi connectivity index (χ0v) is 14.3. The van der Waals surface area contributed by atoms with Crippen LogP contribution in [-0.4, -0.2) is 61.3 Å². The Balaban J connectivity index is 2.19. The summed E-state index contributed by atoms with van der Waals surface area (Å²) in [5.74, 6) is -0.508. The van der Waals surface area contributed by atoms with Crippen LogP contribution in [0.2, 0.25) is 0 Å². The molecule has 9 nitrogen and oxygen atoms in total. The number of hydrogen-bond donors (Lipinski definition) is 0. The lowest BCUT2D eigenvalue weighted by Gasteiger charge is -2.40. The van der Waals surface area contributed by atoms with Gasteiger partial charge >= 0.3 is 0 Å². The largest absolute Gasteiger partial charge is 0.597 e. The number of benzene rings is 1. The van der Waals surface area contributed by atoms with E-state index in [4.69, 9.17) is 0 Å². The highest BCUT2D eigenvalue weighted by Gasteiger charge is 2.37. The zero-order chi connectivity index (χ0) is 17.7. The topological polar surface area (TPSA) is 105 Å². The van der Waals surface area contributed by atoms with Crippen LogP contribution in [0.3, 0.4) is 0 Å². The molecule has 0 N–H and O–H groups in total. The average Bonchev–Trinajstić information content (AvgIpc) is 2.55. The summed E-state index contributed by atoms with van der Waals surface area (Å²) in [5.41, 5.74) is 0. The molecule has 1 amide bonds. The molecule has 0 radical (unpaired) electrons. The van der Waals surface area contributed by atoms with Crippen molar-refractivity contribution in [2.75, 3.05) is 26.7 Å². The van der Waals surface area contributed by atoms with Gasteiger partial charge in [-0.3, -0.25) is 4.79 Å². The molecule has 1 saturated heterocycles. The fourth-order valence-electron chi connectivity index (χ4n) is 2.63. The number of hydrogen-bond acceptors (Lipinski definition) is 6. The van der Waals surface area contributed by atoms with E-state index in [9.17, 15) is 18.4 Å². The molecule has 1 unspecified atom stereocenters. The second-order valence-electron chi connectivity index (χ2n) is 5.28. The summed E-state index contributed by atoms with van der Waals surface area (Å²) < 4.78 is 26.8. The van der Waals surface area contributed by atoms with Crippen LogP contribution in [0.15, 0.2) is 40.5 Å². The molecule has 0 aromatic heterocycles. The maximum absolute atomic E-state index is 12.8. The molecule has 1 aliphatic rings. The number of hydroxylamine groups is 1. The van der Waals surface area contributed by atoms with Crippen molar-refractivity contribution in [2.45, 2.75) is 24.4 Å². The van der Waals surface area contributed by atoms with E-state index in [0.29, 0.717) is 19.5 Å². The van der Waals surface area contributed by atoms with Crippen molar-refractivity contribution in [2.24, 2.45) is 5.28 Å². The van der Waals surface area contributed by atoms with Gasteiger partial charge in [-0.1, -0.05) is 18.2 Å². The number of rotatable bonds is 5. The number of sulfonamides is 1. The summed E-state index contributed by atoms with van der Waals surface area (Å²) in [5, 5.41) is 14.4. The van der Waals surface area contributed by atoms with E-state index < -0.39 is 28.6 Å². The summed E-state index contributed by atoms with van der Waals surface area (Å²) in [6.07, 6.45) is -0.199. The highest BCUT2D eigenvalue weighted by molar-refractivity contribution is 7.89. The van der Waals surface area contributed by atoms with E-state index >= 15 is 0 Å². The third-order valence-electron chi connectivity index (χ3n) is 3.76. The number of carbonyl (C=O) groups excluding carboxylic acids is 1. The van der Waals surface area contributed by atoms with E-state index in [1.165, 1.54) is 28.4 Å². The van der Waals surface area contributed by atoms with Gasteiger partial charge in [-0.15, -0.1) is 0 Å². The van der Waals surface area contributed by atoms with E-state index in [1.807, 2.05) is 0 Å². The first-order valence-electron chi connectivity index (χ1n) is 7.43. The molecule has 0 bridgehead atoms. The summed E-state index contributed by atoms with van der Waals surface area (Å²) in [6, 6.07) is 8.05. The molecule has 0 aliphatic carbocycles. The Morgan fingerprint density at radius 1 is 1.38 bits per heavy atom. The normalized spacial score (nSPS) is 20.0. The zero-order valence-electron chi connectivity index (χ0n) is 13.5. The van der Waals surface area contributed by atoms with Crippen LogP contribution in [0.5, 0.6) is 0 Å². The van der Waals surface area contributed by atoms with Crippen LogP contribution in [0, 0.1) is 5.21 Å². The highest BCUT2D eigenvalue weighted by atomic mass is 32.2. The predicted octanol–water partition coefficient (Wildman–Crippen LogP) is 0.780. The summed E-state index contributed by atoms with van der Waals surface area (Å²) in [4.78, 5) is 18.2. The quantitative estimate of drug-likeness (QED) is 0.440. The Bertz CT molecular complexity index is 707. The van der Waals surface area contributed by atoms with Gasteiger partial charge in [0, 0.05) is 13.1 Å². The lowest BCUT2D eigenvalue weighted by Crippen LogP contribution is -2.57. The molecule has 1 aromatic carbocycles. The van der Waals surface area contributed by atoms with Crippen molar-refractivity contribution >= 4 is 15.9 Å². The summed E-state index contributed by atoms with van der Waals surface area (Å²) >= 11 is 0. The van der Waals surface area contributed by atoms with E-state index in [1.54, 1.807) is 25.1 Å². The first kappa shape index (κ1) is 18.1. The Morgan fingerprint density at radius 3 is 2.67 bits per heavy atom. The Kier molecular flexibility index (Phi) is 5.73. The molecule has 132 valence electrons. The van der Waals surface area contributed by atoms with Gasteiger partial charge in [0.2, 0.25) is 10.0 Å². The molecular weight excluding hydrogens is 336 g/mol. The second-order valence-corrected chi connectivity index (χ2v) is 7.17. The van der Waals surface area contributed by atoms with Crippen LogP contribution >= 0.6 is 0 Å². The Hall–Kier alpha value is -2.20. The van der Waals surface area contributed by atoms with Crippen LogP contribution in [0.1, 0.15) is 13.3 Å². The predicted molar refractivity (Wildman–Crippen MR) is 84.1 cm³/mol. The Morgan fingerprint density at radius 2 is 2.04 bits per heavy atom. The van der Waals surface area contributed by atoms with Gasteiger partial charge in [-0.05, 0) is 30.3 Å². The standard InChI is InChI=1S/C14H20N4O5S/c1-12-16(14(19)11-18(20)15-23-2)9-6-10-17(12)24(21,22)13-7-4-3-5-8-13/h3-5,7-8,12H,6,9-11H2,1-2H3/b18-15-. The number of carbonyl (C=O) groups is 1. The van der Waals surface area contributed by atoms with Crippen molar-refractivity contribution in [3.8, 4) is 0 Å². The van der Waals surface area contributed by atoms with Gasteiger partial charge in [0.15, 0.2) is 5.28 Å². The van der Waals surface area contributed by atoms with Gasteiger partial charge in [0.25, 0.3) is 12.5 Å².